The first-order chi connectivity index (χ1) is 6.78. The van der Waals surface area contributed by atoms with Crippen LogP contribution < -0.4 is 0 Å². The van der Waals surface area contributed by atoms with Crippen molar-refractivity contribution in [1.82, 2.24) is 0 Å². The van der Waals surface area contributed by atoms with Gasteiger partial charge in [0.25, 0.3) is 0 Å². The summed E-state index contributed by atoms with van der Waals surface area (Å²) in [6.07, 6.45) is 1.23. The summed E-state index contributed by atoms with van der Waals surface area (Å²) in [6, 6.07) is 5.48. The van der Waals surface area contributed by atoms with E-state index in [0.717, 1.165) is 11.1 Å². The maximum Gasteiger partial charge on any atom is 0.151 e. The molecule has 0 atom stereocenters. The summed E-state index contributed by atoms with van der Waals surface area (Å²) >= 11 is 5.93. The molecule has 0 aromatic heterocycles. The van der Waals surface area contributed by atoms with Crippen molar-refractivity contribution >= 4 is 21.4 Å². The van der Waals surface area contributed by atoms with Gasteiger partial charge in [-0.25, -0.2) is 8.42 Å². The number of hydrogen-bond donors (Lipinski definition) is 0. The second-order valence-corrected chi connectivity index (χ2v) is 6.69. The van der Waals surface area contributed by atoms with Crippen LogP contribution in [0.4, 0.5) is 0 Å². The molecule has 0 aliphatic rings. The second-order valence-electron chi connectivity index (χ2n) is 4.12. The molecular formula is C11H15ClO2S. The smallest absolute Gasteiger partial charge is 0.151 e. The summed E-state index contributed by atoms with van der Waals surface area (Å²) in [7, 11) is -3.00. The van der Waals surface area contributed by atoms with Crippen molar-refractivity contribution in [3.05, 3.63) is 34.3 Å². The van der Waals surface area contributed by atoms with Gasteiger partial charge in [-0.1, -0.05) is 31.5 Å². The Balaban J connectivity index is 3.10. The minimum absolute atomic E-state index is 0.0489. The summed E-state index contributed by atoms with van der Waals surface area (Å²) in [4.78, 5) is 0. The fraction of sp³-hybridized carbons (Fsp3) is 0.455. The lowest BCUT2D eigenvalue weighted by atomic mass is 10.0. The third kappa shape index (κ3) is 4.22. The average molecular weight is 247 g/mol. The van der Waals surface area contributed by atoms with E-state index in [9.17, 15) is 8.42 Å². The topological polar surface area (TPSA) is 34.1 Å². The van der Waals surface area contributed by atoms with Crippen molar-refractivity contribution in [1.29, 1.82) is 0 Å². The van der Waals surface area contributed by atoms with E-state index in [2.05, 4.69) is 13.8 Å². The fourth-order valence-electron chi connectivity index (χ4n) is 1.39. The Labute approximate surface area is 96.2 Å². The summed E-state index contributed by atoms with van der Waals surface area (Å²) < 4.78 is 22.3. The number of sulfone groups is 1. The van der Waals surface area contributed by atoms with E-state index >= 15 is 0 Å². The quantitative estimate of drug-likeness (QED) is 0.822. The van der Waals surface area contributed by atoms with Gasteiger partial charge in [0.05, 0.1) is 5.75 Å². The highest BCUT2D eigenvalue weighted by atomic mass is 35.5. The second kappa shape index (κ2) is 4.54. The zero-order chi connectivity index (χ0) is 11.6. The fourth-order valence-corrected chi connectivity index (χ4v) is 2.43. The van der Waals surface area contributed by atoms with Gasteiger partial charge in [0.2, 0.25) is 0 Å². The molecule has 15 heavy (non-hydrogen) atoms. The van der Waals surface area contributed by atoms with E-state index in [0.29, 0.717) is 10.9 Å². The van der Waals surface area contributed by atoms with Crippen LogP contribution in [0.2, 0.25) is 5.02 Å². The summed E-state index contributed by atoms with van der Waals surface area (Å²) in [5.41, 5.74) is 1.83. The predicted molar refractivity (Wildman–Crippen MR) is 64.1 cm³/mol. The molecule has 0 unspecified atom stereocenters. The van der Waals surface area contributed by atoms with Crippen LogP contribution in [0, 0.1) is 0 Å². The van der Waals surface area contributed by atoms with E-state index in [1.54, 1.807) is 6.07 Å². The zero-order valence-electron chi connectivity index (χ0n) is 9.12. The normalized spacial score (nSPS) is 12.1. The van der Waals surface area contributed by atoms with Crippen LogP contribution in [-0.2, 0) is 15.6 Å². The monoisotopic (exact) mass is 246 g/mol. The highest BCUT2D eigenvalue weighted by Gasteiger charge is 2.08. The molecule has 0 heterocycles. The van der Waals surface area contributed by atoms with E-state index in [1.165, 1.54) is 6.26 Å². The van der Waals surface area contributed by atoms with Gasteiger partial charge in [0.15, 0.2) is 9.84 Å². The molecule has 0 N–H and O–H groups in total. The van der Waals surface area contributed by atoms with Crippen molar-refractivity contribution in [3.8, 4) is 0 Å². The van der Waals surface area contributed by atoms with Crippen LogP contribution in [0.25, 0.3) is 0 Å². The number of rotatable bonds is 3. The van der Waals surface area contributed by atoms with E-state index in [-0.39, 0.29) is 5.75 Å². The zero-order valence-corrected chi connectivity index (χ0v) is 10.7. The molecule has 0 amide bonds. The minimum Gasteiger partial charge on any atom is -0.229 e. The maximum absolute atomic E-state index is 11.2. The first-order valence-corrected chi connectivity index (χ1v) is 7.19. The van der Waals surface area contributed by atoms with Crippen LogP contribution in [-0.4, -0.2) is 14.7 Å². The largest absolute Gasteiger partial charge is 0.229 e. The minimum atomic E-state index is -3.00. The van der Waals surface area contributed by atoms with Crippen molar-refractivity contribution < 1.29 is 8.42 Å². The van der Waals surface area contributed by atoms with Crippen molar-refractivity contribution in [2.24, 2.45) is 0 Å². The average Bonchev–Trinajstić information content (AvgIpc) is 1.99. The van der Waals surface area contributed by atoms with E-state index < -0.39 is 9.84 Å². The predicted octanol–water partition coefficient (Wildman–Crippen LogP) is 3.01. The molecule has 1 aromatic rings. The van der Waals surface area contributed by atoms with Gasteiger partial charge < -0.3 is 0 Å². The molecule has 0 saturated carbocycles. The van der Waals surface area contributed by atoms with Gasteiger partial charge in [-0.05, 0) is 29.2 Å². The highest BCUT2D eigenvalue weighted by molar-refractivity contribution is 7.89. The lowest BCUT2D eigenvalue weighted by molar-refractivity contribution is 0.601. The number of hydrogen-bond acceptors (Lipinski definition) is 2. The maximum atomic E-state index is 11.2. The van der Waals surface area contributed by atoms with Crippen LogP contribution in [0.5, 0.6) is 0 Å². The molecule has 1 rings (SSSR count). The van der Waals surface area contributed by atoms with Gasteiger partial charge in [-0.2, -0.15) is 0 Å². The Bertz CT molecular complexity index is 450. The van der Waals surface area contributed by atoms with E-state index in [4.69, 9.17) is 11.6 Å². The van der Waals surface area contributed by atoms with Crippen molar-refractivity contribution in [3.63, 3.8) is 0 Å². The third-order valence-electron chi connectivity index (χ3n) is 2.08. The first kappa shape index (κ1) is 12.5. The number of benzene rings is 1. The summed E-state index contributed by atoms with van der Waals surface area (Å²) in [6.45, 7) is 4.10. The molecule has 84 valence electrons. The van der Waals surface area contributed by atoms with Gasteiger partial charge in [-0.15, -0.1) is 0 Å². The third-order valence-corrected chi connectivity index (χ3v) is 3.15. The Hall–Kier alpha value is -0.540. The molecule has 0 bridgehead atoms. The van der Waals surface area contributed by atoms with Crippen LogP contribution >= 0.6 is 11.6 Å². The van der Waals surface area contributed by atoms with Crippen LogP contribution in [0.1, 0.15) is 30.9 Å². The lowest BCUT2D eigenvalue weighted by Gasteiger charge is -2.08. The van der Waals surface area contributed by atoms with E-state index in [1.807, 2.05) is 12.1 Å². The molecule has 0 radical (unpaired) electrons. The molecule has 0 saturated heterocycles. The first-order valence-electron chi connectivity index (χ1n) is 4.75. The molecule has 0 fully saturated rings. The Kier molecular flexibility index (Phi) is 3.79. The van der Waals surface area contributed by atoms with Crippen molar-refractivity contribution in [2.75, 3.05) is 6.26 Å². The van der Waals surface area contributed by atoms with Gasteiger partial charge in [0.1, 0.15) is 0 Å². The van der Waals surface area contributed by atoms with Crippen molar-refractivity contribution in [2.45, 2.75) is 25.5 Å². The molecule has 0 aliphatic heterocycles. The highest BCUT2D eigenvalue weighted by Crippen LogP contribution is 2.22. The van der Waals surface area contributed by atoms with Gasteiger partial charge in [0, 0.05) is 11.3 Å². The Morgan fingerprint density at radius 2 is 1.87 bits per heavy atom. The van der Waals surface area contributed by atoms with Gasteiger partial charge in [-0.3, -0.25) is 0 Å². The van der Waals surface area contributed by atoms with Crippen LogP contribution in [0.3, 0.4) is 0 Å². The Morgan fingerprint density at radius 1 is 1.27 bits per heavy atom. The number of halogens is 1. The molecule has 4 heteroatoms. The molecule has 1 aromatic carbocycles. The summed E-state index contributed by atoms with van der Waals surface area (Å²) in [5, 5.41) is 0.597. The molecule has 0 aliphatic carbocycles. The standard InChI is InChI=1S/C11H15ClO2S/c1-8(2)10-4-9(5-11(12)6-10)7-15(3,13)14/h4-6,8H,7H2,1-3H3. The lowest BCUT2D eigenvalue weighted by Crippen LogP contribution is -2.01. The molecule has 2 nitrogen and oxygen atoms in total. The summed E-state index contributed by atoms with van der Waals surface area (Å²) in [5.74, 6) is 0.398. The molecule has 0 spiro atoms. The van der Waals surface area contributed by atoms with Gasteiger partial charge >= 0.3 is 0 Å². The molecular weight excluding hydrogens is 232 g/mol. The van der Waals surface area contributed by atoms with Crippen LogP contribution in [0.15, 0.2) is 18.2 Å². The SMILES string of the molecule is CC(C)c1cc(Cl)cc(CS(C)(=O)=O)c1. The Morgan fingerprint density at radius 3 is 2.33 bits per heavy atom.